The number of hydrogen-bond acceptors (Lipinski definition) is 3. The van der Waals surface area contributed by atoms with Crippen LogP contribution < -0.4 is 0 Å². The molecule has 0 radical (unpaired) electrons. The largest absolute Gasteiger partial charge is 0.462 e. The van der Waals surface area contributed by atoms with Gasteiger partial charge in [0, 0.05) is 15.3 Å². The smallest absolute Gasteiger partial charge is 0.339 e. The van der Waals surface area contributed by atoms with E-state index >= 15 is 0 Å². The summed E-state index contributed by atoms with van der Waals surface area (Å²) in [5.74, 6) is -0.447. The Morgan fingerprint density at radius 3 is 2.27 bits per heavy atom. The highest BCUT2D eigenvalue weighted by Crippen LogP contribution is 2.46. The molecular formula is C22H21FO2S. The molecule has 0 fully saturated rings. The van der Waals surface area contributed by atoms with Crippen LogP contribution in [0.25, 0.3) is 21.6 Å². The molecule has 0 spiro atoms. The van der Waals surface area contributed by atoms with Gasteiger partial charge in [-0.15, -0.1) is 11.3 Å². The van der Waals surface area contributed by atoms with Gasteiger partial charge < -0.3 is 4.74 Å². The highest BCUT2D eigenvalue weighted by molar-refractivity contribution is 7.16. The second kappa shape index (κ2) is 7.83. The van der Waals surface area contributed by atoms with Crippen LogP contribution in [0.4, 0.5) is 4.39 Å². The number of carbonyl (C=O) groups is 1. The van der Waals surface area contributed by atoms with Gasteiger partial charge in [-0.3, -0.25) is 0 Å². The van der Waals surface area contributed by atoms with Gasteiger partial charge in [0.05, 0.1) is 12.2 Å². The maximum Gasteiger partial charge on any atom is 0.339 e. The molecular weight excluding hydrogens is 347 g/mol. The standard InChI is InChI=1S/C22H21FO2S/c1-4-25-22(24)19-18(15-10-12-17(23)13-11-15)21(26-20(19)14(2)3)16-8-6-5-7-9-16/h5-14H,4H2,1-3H3. The molecule has 26 heavy (non-hydrogen) atoms. The normalized spacial score (nSPS) is 11.0. The molecule has 0 atom stereocenters. The van der Waals surface area contributed by atoms with Crippen molar-refractivity contribution < 1.29 is 13.9 Å². The van der Waals surface area contributed by atoms with E-state index in [0.29, 0.717) is 12.2 Å². The minimum atomic E-state index is -0.325. The van der Waals surface area contributed by atoms with Gasteiger partial charge in [-0.2, -0.15) is 0 Å². The maximum atomic E-state index is 13.5. The van der Waals surface area contributed by atoms with E-state index in [9.17, 15) is 9.18 Å². The Morgan fingerprint density at radius 1 is 1.04 bits per heavy atom. The molecule has 0 aliphatic heterocycles. The summed E-state index contributed by atoms with van der Waals surface area (Å²) in [6, 6.07) is 16.2. The molecule has 1 heterocycles. The minimum absolute atomic E-state index is 0.177. The van der Waals surface area contributed by atoms with E-state index in [-0.39, 0.29) is 17.7 Å². The molecule has 3 aromatic rings. The molecule has 2 aromatic carbocycles. The fourth-order valence-electron chi connectivity index (χ4n) is 2.95. The van der Waals surface area contributed by atoms with Crippen LogP contribution in [0.2, 0.25) is 0 Å². The van der Waals surface area contributed by atoms with Crippen molar-refractivity contribution in [3.05, 3.63) is 70.9 Å². The van der Waals surface area contributed by atoms with Crippen LogP contribution in [0.3, 0.4) is 0 Å². The Kier molecular flexibility index (Phi) is 5.52. The minimum Gasteiger partial charge on any atom is -0.462 e. The second-order valence-corrected chi connectivity index (χ2v) is 7.35. The van der Waals surface area contributed by atoms with E-state index < -0.39 is 0 Å². The molecule has 2 nitrogen and oxygen atoms in total. The molecule has 0 unspecified atom stereocenters. The molecule has 1 aromatic heterocycles. The first kappa shape index (κ1) is 18.3. The van der Waals surface area contributed by atoms with Gasteiger partial charge in [0.2, 0.25) is 0 Å². The molecule has 4 heteroatoms. The summed E-state index contributed by atoms with van der Waals surface area (Å²) in [7, 11) is 0. The number of halogens is 1. The van der Waals surface area contributed by atoms with Crippen molar-refractivity contribution in [1.29, 1.82) is 0 Å². The number of esters is 1. The molecule has 0 saturated carbocycles. The van der Waals surface area contributed by atoms with Crippen molar-refractivity contribution in [3.8, 4) is 21.6 Å². The Balaban J connectivity index is 2.32. The van der Waals surface area contributed by atoms with Gasteiger partial charge in [-0.05, 0) is 36.1 Å². The molecule has 0 aliphatic rings. The summed E-state index contributed by atoms with van der Waals surface area (Å²) in [6.45, 7) is 6.25. The lowest BCUT2D eigenvalue weighted by Crippen LogP contribution is -2.08. The van der Waals surface area contributed by atoms with Crippen LogP contribution in [0.15, 0.2) is 54.6 Å². The van der Waals surface area contributed by atoms with Gasteiger partial charge >= 0.3 is 5.97 Å². The SMILES string of the molecule is CCOC(=O)c1c(C(C)C)sc(-c2ccccc2)c1-c1ccc(F)cc1. The van der Waals surface area contributed by atoms with E-state index in [1.54, 1.807) is 30.4 Å². The molecule has 134 valence electrons. The molecule has 0 N–H and O–H groups in total. The lowest BCUT2D eigenvalue weighted by atomic mass is 9.95. The Morgan fingerprint density at radius 2 is 1.69 bits per heavy atom. The monoisotopic (exact) mass is 368 g/mol. The van der Waals surface area contributed by atoms with E-state index in [1.807, 2.05) is 30.3 Å². The Labute approximate surface area is 157 Å². The average molecular weight is 368 g/mol. The third-order valence-corrected chi connectivity index (χ3v) is 5.65. The van der Waals surface area contributed by atoms with Crippen molar-refractivity contribution >= 4 is 17.3 Å². The van der Waals surface area contributed by atoms with Gasteiger partial charge in [-0.1, -0.05) is 56.3 Å². The number of hydrogen-bond donors (Lipinski definition) is 0. The van der Waals surface area contributed by atoms with Crippen LogP contribution in [0, 0.1) is 5.82 Å². The van der Waals surface area contributed by atoms with E-state index in [0.717, 1.165) is 26.4 Å². The summed E-state index contributed by atoms with van der Waals surface area (Å²) in [4.78, 5) is 14.8. The molecule has 3 rings (SSSR count). The lowest BCUT2D eigenvalue weighted by Gasteiger charge is -2.10. The van der Waals surface area contributed by atoms with Gasteiger partial charge in [0.15, 0.2) is 0 Å². The second-order valence-electron chi connectivity index (χ2n) is 6.29. The van der Waals surface area contributed by atoms with Crippen molar-refractivity contribution in [3.63, 3.8) is 0 Å². The van der Waals surface area contributed by atoms with Gasteiger partial charge in [0.25, 0.3) is 0 Å². The quantitative estimate of drug-likeness (QED) is 0.479. The lowest BCUT2D eigenvalue weighted by molar-refractivity contribution is 0.0526. The van der Waals surface area contributed by atoms with Crippen LogP contribution in [-0.4, -0.2) is 12.6 Å². The average Bonchev–Trinajstić information content (AvgIpc) is 3.04. The van der Waals surface area contributed by atoms with Gasteiger partial charge in [-0.25, -0.2) is 9.18 Å². The van der Waals surface area contributed by atoms with E-state index in [4.69, 9.17) is 4.74 Å². The third-order valence-electron chi connectivity index (χ3n) is 4.11. The Hall–Kier alpha value is -2.46. The topological polar surface area (TPSA) is 26.3 Å². The zero-order valence-electron chi connectivity index (χ0n) is 15.1. The first-order valence-electron chi connectivity index (χ1n) is 8.68. The molecule has 0 amide bonds. The van der Waals surface area contributed by atoms with Crippen molar-refractivity contribution in [1.82, 2.24) is 0 Å². The predicted octanol–water partition coefficient (Wildman–Crippen LogP) is 6.52. The zero-order valence-corrected chi connectivity index (χ0v) is 15.9. The molecule has 0 saturated heterocycles. The Bertz CT molecular complexity index is 896. The van der Waals surface area contributed by atoms with Crippen LogP contribution in [0.5, 0.6) is 0 Å². The van der Waals surface area contributed by atoms with Gasteiger partial charge in [0.1, 0.15) is 5.82 Å². The fourth-order valence-corrected chi connectivity index (χ4v) is 4.26. The summed E-state index contributed by atoms with van der Waals surface area (Å²) >= 11 is 1.61. The van der Waals surface area contributed by atoms with Crippen molar-refractivity contribution in [2.75, 3.05) is 6.61 Å². The number of rotatable bonds is 5. The number of thiophene rings is 1. The zero-order chi connectivity index (χ0) is 18.7. The van der Waals surface area contributed by atoms with E-state index in [2.05, 4.69) is 13.8 Å². The van der Waals surface area contributed by atoms with Crippen LogP contribution in [0.1, 0.15) is 41.9 Å². The predicted molar refractivity (Wildman–Crippen MR) is 105 cm³/mol. The van der Waals surface area contributed by atoms with Crippen molar-refractivity contribution in [2.45, 2.75) is 26.7 Å². The first-order chi connectivity index (χ1) is 12.5. The number of ether oxygens (including phenoxy) is 1. The highest BCUT2D eigenvalue weighted by atomic mass is 32.1. The maximum absolute atomic E-state index is 13.5. The summed E-state index contributed by atoms with van der Waals surface area (Å²) in [5.41, 5.74) is 3.27. The highest BCUT2D eigenvalue weighted by Gasteiger charge is 2.27. The molecule has 0 aliphatic carbocycles. The third kappa shape index (κ3) is 3.56. The number of carbonyl (C=O) groups excluding carboxylic acids is 1. The summed E-state index contributed by atoms with van der Waals surface area (Å²) < 4.78 is 18.8. The number of benzene rings is 2. The summed E-state index contributed by atoms with van der Waals surface area (Å²) in [6.07, 6.45) is 0. The molecule has 0 bridgehead atoms. The fraction of sp³-hybridized carbons (Fsp3) is 0.227. The first-order valence-corrected chi connectivity index (χ1v) is 9.49. The van der Waals surface area contributed by atoms with Crippen molar-refractivity contribution in [2.24, 2.45) is 0 Å². The van der Waals surface area contributed by atoms with E-state index in [1.165, 1.54) is 12.1 Å². The van der Waals surface area contributed by atoms with Crippen LogP contribution >= 0.6 is 11.3 Å². The summed E-state index contributed by atoms with van der Waals surface area (Å²) in [5, 5.41) is 0. The van der Waals surface area contributed by atoms with Crippen LogP contribution in [-0.2, 0) is 4.74 Å².